The molecule has 0 bridgehead atoms. The minimum absolute atomic E-state index is 0.0451. The molecule has 1 aliphatic heterocycles. The molecule has 0 spiro atoms. The molecular weight excluding hydrogens is 372 g/mol. The molecule has 1 aliphatic carbocycles. The molecule has 8 nitrogen and oxygen atoms in total. The van der Waals surface area contributed by atoms with Gasteiger partial charge in [0.15, 0.2) is 5.82 Å². The van der Waals surface area contributed by atoms with Gasteiger partial charge < -0.3 is 20.1 Å². The smallest absolute Gasteiger partial charge is 0.257 e. The molecule has 1 aromatic heterocycles. The van der Waals surface area contributed by atoms with Gasteiger partial charge in [-0.1, -0.05) is 23.4 Å². The van der Waals surface area contributed by atoms with Crippen LogP contribution in [0.25, 0.3) is 11.5 Å². The van der Waals surface area contributed by atoms with Crippen molar-refractivity contribution in [3.05, 3.63) is 36.2 Å². The van der Waals surface area contributed by atoms with Crippen LogP contribution in [0.2, 0.25) is 0 Å². The number of carbonyl (C=O) groups excluding carboxylic acids is 1. The second kappa shape index (κ2) is 8.61. The van der Waals surface area contributed by atoms with E-state index in [4.69, 9.17) is 4.52 Å². The van der Waals surface area contributed by atoms with Gasteiger partial charge in [0.1, 0.15) is 5.60 Å². The maximum absolute atomic E-state index is 12.6. The zero-order valence-electron chi connectivity index (χ0n) is 16.5. The third kappa shape index (κ3) is 4.83. The van der Waals surface area contributed by atoms with Gasteiger partial charge in [-0.15, -0.1) is 0 Å². The predicted octanol–water partition coefficient (Wildman–Crippen LogP) is 1.48. The Labute approximate surface area is 169 Å². The molecule has 0 atom stereocenters. The summed E-state index contributed by atoms with van der Waals surface area (Å²) < 4.78 is 5.34. The topological polar surface area (TPSA) is 112 Å². The number of amides is 1. The van der Waals surface area contributed by atoms with E-state index in [-0.39, 0.29) is 18.1 Å². The van der Waals surface area contributed by atoms with E-state index in [9.17, 15) is 15.0 Å². The van der Waals surface area contributed by atoms with Gasteiger partial charge in [0, 0.05) is 24.7 Å². The lowest BCUT2D eigenvalue weighted by Crippen LogP contribution is -2.56. The molecular formula is C21H28N4O4. The van der Waals surface area contributed by atoms with Crippen molar-refractivity contribution in [1.82, 2.24) is 20.4 Å². The van der Waals surface area contributed by atoms with Crippen LogP contribution in [0.3, 0.4) is 0 Å². The Bertz CT molecular complexity index is 809. The molecule has 3 N–H and O–H groups in total. The van der Waals surface area contributed by atoms with Crippen LogP contribution >= 0.6 is 0 Å². The average Bonchev–Trinajstić information content (AvgIpc) is 3.21. The van der Waals surface area contributed by atoms with E-state index in [1.807, 2.05) is 30.3 Å². The van der Waals surface area contributed by atoms with Crippen LogP contribution in [0.15, 0.2) is 34.9 Å². The Balaban J connectivity index is 1.28. The fourth-order valence-electron chi connectivity index (χ4n) is 4.06. The van der Waals surface area contributed by atoms with Gasteiger partial charge >= 0.3 is 0 Å². The Morgan fingerprint density at radius 2 is 1.86 bits per heavy atom. The summed E-state index contributed by atoms with van der Waals surface area (Å²) in [4.78, 5) is 19.2. The highest BCUT2D eigenvalue weighted by molar-refractivity contribution is 5.85. The van der Waals surface area contributed by atoms with Crippen molar-refractivity contribution >= 4 is 5.91 Å². The van der Waals surface area contributed by atoms with Crippen LogP contribution in [0.1, 0.15) is 44.3 Å². The molecule has 2 fully saturated rings. The molecule has 0 unspecified atom stereocenters. The van der Waals surface area contributed by atoms with Gasteiger partial charge in [0.25, 0.3) is 11.8 Å². The molecule has 1 aromatic carbocycles. The van der Waals surface area contributed by atoms with Crippen LogP contribution in [-0.2, 0) is 11.3 Å². The van der Waals surface area contributed by atoms with Crippen LogP contribution in [0.4, 0.5) is 0 Å². The number of hydrogen-bond acceptors (Lipinski definition) is 7. The van der Waals surface area contributed by atoms with Gasteiger partial charge in [-0.05, 0) is 50.7 Å². The standard InChI is InChI=1S/C21H28N4O4/c26-17-8-6-16(7-9-17)22-20(27)21(28)10-12-25(13-11-21)14-18-23-19(29-24-18)15-4-2-1-3-5-15/h1-5,16-17,26,28H,6-14H2,(H,22,27). The summed E-state index contributed by atoms with van der Waals surface area (Å²) in [6.07, 6.45) is 3.41. The zero-order valence-corrected chi connectivity index (χ0v) is 16.5. The Morgan fingerprint density at radius 1 is 1.17 bits per heavy atom. The predicted molar refractivity (Wildman–Crippen MR) is 106 cm³/mol. The number of aliphatic hydroxyl groups is 2. The lowest BCUT2D eigenvalue weighted by molar-refractivity contribution is -0.146. The summed E-state index contributed by atoms with van der Waals surface area (Å²) in [5.41, 5.74) is -0.454. The molecule has 4 rings (SSSR count). The van der Waals surface area contributed by atoms with Crippen LogP contribution in [0.5, 0.6) is 0 Å². The molecule has 1 saturated heterocycles. The van der Waals surface area contributed by atoms with Crippen molar-refractivity contribution in [3.63, 3.8) is 0 Å². The van der Waals surface area contributed by atoms with Crippen molar-refractivity contribution in [2.24, 2.45) is 0 Å². The van der Waals surface area contributed by atoms with Gasteiger partial charge in [0.2, 0.25) is 0 Å². The number of nitrogens with zero attached hydrogens (tertiary/aromatic N) is 3. The van der Waals surface area contributed by atoms with E-state index in [0.717, 1.165) is 18.4 Å². The Kier molecular flexibility index (Phi) is 5.94. The number of benzene rings is 1. The molecule has 0 radical (unpaired) electrons. The first kappa shape index (κ1) is 20.0. The quantitative estimate of drug-likeness (QED) is 0.697. The molecule has 2 heterocycles. The van der Waals surface area contributed by atoms with E-state index in [0.29, 0.717) is 57.0 Å². The minimum atomic E-state index is -1.33. The van der Waals surface area contributed by atoms with Gasteiger partial charge in [-0.2, -0.15) is 4.98 Å². The minimum Gasteiger partial charge on any atom is -0.393 e. The highest BCUT2D eigenvalue weighted by Crippen LogP contribution is 2.26. The number of rotatable bonds is 5. The van der Waals surface area contributed by atoms with Crippen molar-refractivity contribution in [3.8, 4) is 11.5 Å². The lowest BCUT2D eigenvalue weighted by Gasteiger charge is -2.38. The maximum atomic E-state index is 12.6. The Morgan fingerprint density at radius 3 is 2.55 bits per heavy atom. The SMILES string of the molecule is O=C(NC1CCC(O)CC1)C1(O)CCN(Cc2noc(-c3ccccc3)n2)CC1. The molecule has 2 aromatic rings. The van der Waals surface area contributed by atoms with Crippen LogP contribution < -0.4 is 5.32 Å². The van der Waals surface area contributed by atoms with E-state index < -0.39 is 5.60 Å². The first-order chi connectivity index (χ1) is 14.0. The second-order valence-corrected chi connectivity index (χ2v) is 8.17. The van der Waals surface area contributed by atoms with E-state index in [2.05, 4.69) is 20.4 Å². The maximum Gasteiger partial charge on any atom is 0.257 e. The number of hydrogen-bond donors (Lipinski definition) is 3. The normalized spacial score (nSPS) is 24.9. The summed E-state index contributed by atoms with van der Waals surface area (Å²) in [7, 11) is 0. The second-order valence-electron chi connectivity index (χ2n) is 8.17. The van der Waals surface area contributed by atoms with E-state index >= 15 is 0 Å². The van der Waals surface area contributed by atoms with E-state index in [1.165, 1.54) is 0 Å². The number of piperidine rings is 1. The summed E-state index contributed by atoms with van der Waals surface area (Å²) >= 11 is 0. The molecule has 2 aliphatic rings. The summed E-state index contributed by atoms with van der Waals surface area (Å²) in [6.45, 7) is 1.69. The molecule has 29 heavy (non-hydrogen) atoms. The summed E-state index contributed by atoms with van der Waals surface area (Å²) in [6, 6.07) is 9.66. The van der Waals surface area contributed by atoms with Gasteiger partial charge in [-0.25, -0.2) is 0 Å². The monoisotopic (exact) mass is 400 g/mol. The first-order valence-corrected chi connectivity index (χ1v) is 10.3. The summed E-state index contributed by atoms with van der Waals surface area (Å²) in [5.74, 6) is 0.801. The summed E-state index contributed by atoms with van der Waals surface area (Å²) in [5, 5.41) is 27.4. The number of aromatic nitrogens is 2. The molecule has 1 amide bonds. The third-order valence-corrected chi connectivity index (χ3v) is 5.99. The fraction of sp³-hybridized carbons (Fsp3) is 0.571. The lowest BCUT2D eigenvalue weighted by atomic mass is 9.88. The first-order valence-electron chi connectivity index (χ1n) is 10.3. The molecule has 1 saturated carbocycles. The third-order valence-electron chi connectivity index (χ3n) is 5.99. The van der Waals surface area contributed by atoms with Crippen molar-refractivity contribution in [2.45, 2.75) is 62.8 Å². The zero-order chi connectivity index (χ0) is 20.3. The van der Waals surface area contributed by atoms with E-state index in [1.54, 1.807) is 0 Å². The largest absolute Gasteiger partial charge is 0.393 e. The average molecular weight is 400 g/mol. The number of likely N-dealkylation sites (tertiary alicyclic amines) is 1. The van der Waals surface area contributed by atoms with Crippen molar-refractivity contribution < 1.29 is 19.5 Å². The number of aliphatic hydroxyl groups excluding tert-OH is 1. The fourth-order valence-corrected chi connectivity index (χ4v) is 4.06. The van der Waals surface area contributed by atoms with Gasteiger partial charge in [0.05, 0.1) is 12.6 Å². The van der Waals surface area contributed by atoms with Crippen LogP contribution in [-0.4, -0.2) is 62.0 Å². The number of carbonyl (C=O) groups is 1. The van der Waals surface area contributed by atoms with Gasteiger partial charge in [-0.3, -0.25) is 9.69 Å². The number of nitrogens with one attached hydrogen (secondary N) is 1. The highest BCUT2D eigenvalue weighted by atomic mass is 16.5. The highest BCUT2D eigenvalue weighted by Gasteiger charge is 2.40. The Hall–Kier alpha value is -2.29. The van der Waals surface area contributed by atoms with Crippen molar-refractivity contribution in [2.75, 3.05) is 13.1 Å². The van der Waals surface area contributed by atoms with Crippen LogP contribution in [0, 0.1) is 0 Å². The molecule has 156 valence electrons. The van der Waals surface area contributed by atoms with Crippen molar-refractivity contribution in [1.29, 1.82) is 0 Å². The molecule has 8 heteroatoms.